The third-order valence-electron chi connectivity index (χ3n) is 8.44. The number of hydrogen-bond donors (Lipinski definition) is 0. The lowest BCUT2D eigenvalue weighted by atomic mass is 9.82. The van der Waals surface area contributed by atoms with Crippen LogP contribution < -0.4 is 5.43 Å². The van der Waals surface area contributed by atoms with Crippen molar-refractivity contribution in [3.05, 3.63) is 124 Å². The highest BCUT2D eigenvalue weighted by molar-refractivity contribution is 6.09. The van der Waals surface area contributed by atoms with E-state index in [2.05, 4.69) is 91.2 Å². The molecule has 4 nitrogen and oxygen atoms in total. The van der Waals surface area contributed by atoms with Crippen molar-refractivity contribution in [3.63, 3.8) is 0 Å². The minimum atomic E-state index is -0.297. The van der Waals surface area contributed by atoms with Crippen molar-refractivity contribution in [3.8, 4) is 22.9 Å². The molecule has 39 heavy (non-hydrogen) atoms. The first kappa shape index (κ1) is 21.9. The summed E-state index contributed by atoms with van der Waals surface area (Å²) in [5.74, 6) is 0. The highest BCUT2D eigenvalue weighted by Gasteiger charge is 2.36. The maximum absolute atomic E-state index is 13.6. The maximum atomic E-state index is 13.6. The monoisotopic (exact) mass is 502 g/mol. The Morgan fingerprint density at radius 3 is 2.13 bits per heavy atom. The van der Waals surface area contributed by atoms with E-state index in [1.54, 1.807) is 18.2 Å². The zero-order valence-electron chi connectivity index (χ0n) is 21.4. The highest BCUT2D eigenvalue weighted by Crippen LogP contribution is 2.50. The summed E-state index contributed by atoms with van der Waals surface area (Å²) in [5.41, 5.74) is 8.79. The van der Waals surface area contributed by atoms with Gasteiger partial charge in [0, 0.05) is 21.9 Å². The normalized spacial score (nSPS) is 13.7. The fraction of sp³-hybridized carbons (Fsp3) is 0.0857. The lowest BCUT2D eigenvalue weighted by molar-refractivity contribution is 0.652. The first-order chi connectivity index (χ1) is 19.0. The van der Waals surface area contributed by atoms with Crippen molar-refractivity contribution < 1.29 is 4.42 Å². The molecule has 2 aromatic heterocycles. The molecule has 0 spiro atoms. The molecule has 7 aromatic rings. The van der Waals surface area contributed by atoms with Crippen LogP contribution in [0.25, 0.3) is 60.6 Å². The van der Waals surface area contributed by atoms with Gasteiger partial charge in [-0.1, -0.05) is 62.4 Å². The van der Waals surface area contributed by atoms with Crippen LogP contribution in [0.2, 0.25) is 0 Å². The maximum Gasteiger partial charge on any atom is 0.201 e. The molecule has 0 aliphatic heterocycles. The van der Waals surface area contributed by atoms with E-state index in [4.69, 9.17) is 4.42 Å². The molecule has 0 unspecified atom stereocenters. The number of benzene rings is 5. The Balaban J connectivity index is 1.42. The van der Waals surface area contributed by atoms with E-state index in [1.807, 2.05) is 12.1 Å². The average molecular weight is 503 g/mol. The molecule has 0 bridgehead atoms. The van der Waals surface area contributed by atoms with Gasteiger partial charge in [-0.25, -0.2) is 0 Å². The first-order valence-corrected chi connectivity index (χ1v) is 13.0. The van der Waals surface area contributed by atoms with Gasteiger partial charge >= 0.3 is 0 Å². The number of para-hydroxylation sites is 2. The summed E-state index contributed by atoms with van der Waals surface area (Å²) < 4.78 is 8.57. The lowest BCUT2D eigenvalue weighted by Crippen LogP contribution is -2.15. The molecular weight excluding hydrogens is 480 g/mol. The van der Waals surface area contributed by atoms with Crippen LogP contribution in [0.3, 0.4) is 0 Å². The van der Waals surface area contributed by atoms with Gasteiger partial charge in [0.05, 0.1) is 27.4 Å². The zero-order valence-corrected chi connectivity index (χ0v) is 21.4. The molecule has 0 atom stereocenters. The van der Waals surface area contributed by atoms with Crippen LogP contribution in [0.4, 0.5) is 0 Å². The van der Waals surface area contributed by atoms with Crippen molar-refractivity contribution in [2.75, 3.05) is 0 Å². The van der Waals surface area contributed by atoms with Crippen molar-refractivity contribution in [2.45, 2.75) is 19.3 Å². The zero-order chi connectivity index (χ0) is 26.5. The van der Waals surface area contributed by atoms with Crippen molar-refractivity contribution in [1.29, 1.82) is 5.26 Å². The number of nitriles is 1. The summed E-state index contributed by atoms with van der Waals surface area (Å²) in [6, 6.07) is 35.0. The number of aromatic nitrogens is 1. The van der Waals surface area contributed by atoms with Crippen molar-refractivity contribution in [1.82, 2.24) is 4.57 Å². The van der Waals surface area contributed by atoms with E-state index in [0.717, 1.165) is 22.4 Å². The summed E-state index contributed by atoms with van der Waals surface area (Å²) in [7, 11) is 0. The van der Waals surface area contributed by atoms with Gasteiger partial charge in [-0.05, 0) is 70.8 Å². The Labute approximate surface area is 224 Å². The minimum absolute atomic E-state index is 0.163. The van der Waals surface area contributed by atoms with Gasteiger partial charge < -0.3 is 8.98 Å². The lowest BCUT2D eigenvalue weighted by Gasteiger charge is -2.22. The number of rotatable bonds is 1. The first-order valence-electron chi connectivity index (χ1n) is 13.0. The molecule has 184 valence electrons. The molecule has 0 N–H and O–H groups in total. The van der Waals surface area contributed by atoms with Gasteiger partial charge in [0.1, 0.15) is 17.2 Å². The van der Waals surface area contributed by atoms with Crippen molar-refractivity contribution >= 4 is 43.7 Å². The van der Waals surface area contributed by atoms with E-state index in [0.29, 0.717) is 27.5 Å². The molecule has 5 aromatic carbocycles. The molecular formula is C35H22N2O2. The second-order valence-electron chi connectivity index (χ2n) is 10.8. The van der Waals surface area contributed by atoms with Crippen molar-refractivity contribution in [2.24, 2.45) is 0 Å². The number of hydrogen-bond acceptors (Lipinski definition) is 3. The van der Waals surface area contributed by atoms with Gasteiger partial charge in [-0.15, -0.1) is 0 Å². The standard InChI is InChI=1S/C35H22N2O2/c1-35(2)27-15-14-21(37-29-11-5-3-9-22(29)23-10-4-6-12-30(23)37)16-24(27)25-18-32-26(17-28(25)35)34(38)33-20(19-36)8-7-13-31(33)39-32/h3-18H,1-2H3. The summed E-state index contributed by atoms with van der Waals surface area (Å²) in [5, 5.41) is 12.9. The van der Waals surface area contributed by atoms with E-state index in [-0.39, 0.29) is 10.8 Å². The number of nitrogens with zero attached hydrogens (tertiary/aromatic N) is 2. The van der Waals surface area contributed by atoms with Crippen LogP contribution in [0.1, 0.15) is 30.5 Å². The van der Waals surface area contributed by atoms with Crippen LogP contribution in [-0.4, -0.2) is 4.57 Å². The van der Waals surface area contributed by atoms with E-state index < -0.39 is 0 Å². The van der Waals surface area contributed by atoms with E-state index in [1.165, 1.54) is 27.4 Å². The van der Waals surface area contributed by atoms with E-state index in [9.17, 15) is 10.1 Å². The van der Waals surface area contributed by atoms with Gasteiger partial charge in [0.15, 0.2) is 0 Å². The Hall–Kier alpha value is -5.14. The van der Waals surface area contributed by atoms with Gasteiger partial charge in [-0.3, -0.25) is 4.79 Å². The predicted octanol–water partition coefficient (Wildman–Crippen LogP) is 8.22. The van der Waals surface area contributed by atoms with Gasteiger partial charge in [-0.2, -0.15) is 5.26 Å². The third-order valence-corrected chi connectivity index (χ3v) is 8.44. The quantitative estimate of drug-likeness (QED) is 0.213. The Morgan fingerprint density at radius 2 is 1.41 bits per heavy atom. The SMILES string of the molecule is CC1(C)c2ccc(-n3c4ccccc4c4ccccc43)cc2-c2cc3oc4cccc(C#N)c4c(=O)c3cc21. The molecule has 0 amide bonds. The largest absolute Gasteiger partial charge is 0.456 e. The fourth-order valence-corrected chi connectivity index (χ4v) is 6.56. The number of fused-ring (bicyclic) bond motifs is 8. The molecule has 0 saturated heterocycles. The van der Waals surface area contributed by atoms with E-state index >= 15 is 0 Å². The molecule has 8 rings (SSSR count). The summed E-state index contributed by atoms with van der Waals surface area (Å²) in [6.07, 6.45) is 0. The molecule has 0 saturated carbocycles. The Kier molecular flexibility index (Phi) is 4.19. The smallest absolute Gasteiger partial charge is 0.201 e. The molecule has 4 heteroatoms. The summed E-state index contributed by atoms with van der Waals surface area (Å²) in [6.45, 7) is 4.40. The van der Waals surface area contributed by atoms with Crippen LogP contribution in [0.5, 0.6) is 0 Å². The topological polar surface area (TPSA) is 58.9 Å². The summed E-state index contributed by atoms with van der Waals surface area (Å²) in [4.78, 5) is 13.6. The fourth-order valence-electron chi connectivity index (χ4n) is 6.56. The molecule has 0 fully saturated rings. The third kappa shape index (κ3) is 2.79. The van der Waals surface area contributed by atoms with Crippen LogP contribution in [-0.2, 0) is 5.41 Å². The second-order valence-corrected chi connectivity index (χ2v) is 10.8. The van der Waals surface area contributed by atoms with Crippen LogP contribution in [0, 0.1) is 11.3 Å². The minimum Gasteiger partial charge on any atom is -0.456 e. The highest BCUT2D eigenvalue weighted by atomic mass is 16.3. The predicted molar refractivity (Wildman–Crippen MR) is 157 cm³/mol. The molecule has 0 radical (unpaired) electrons. The molecule has 2 heterocycles. The molecule has 1 aliphatic carbocycles. The van der Waals surface area contributed by atoms with Gasteiger partial charge in [0.2, 0.25) is 5.43 Å². The van der Waals surface area contributed by atoms with Crippen LogP contribution >= 0.6 is 0 Å². The van der Waals surface area contributed by atoms with Crippen LogP contribution in [0.15, 0.2) is 106 Å². The average Bonchev–Trinajstić information content (AvgIpc) is 3.40. The Morgan fingerprint density at radius 1 is 0.718 bits per heavy atom. The van der Waals surface area contributed by atoms with Gasteiger partial charge in [0.25, 0.3) is 0 Å². The second kappa shape index (κ2) is 7.46. The Bertz CT molecular complexity index is 2240. The summed E-state index contributed by atoms with van der Waals surface area (Å²) >= 11 is 0. The molecule has 1 aliphatic rings.